The van der Waals surface area contributed by atoms with E-state index in [4.69, 9.17) is 21.3 Å². The fraction of sp³-hybridized carbons (Fsp3) is 0.296. The van der Waals surface area contributed by atoms with E-state index in [1.54, 1.807) is 0 Å². The van der Waals surface area contributed by atoms with Crippen LogP contribution in [0.2, 0.25) is 0 Å². The van der Waals surface area contributed by atoms with Gasteiger partial charge in [0.25, 0.3) is 0 Å². The first-order valence-electron chi connectivity index (χ1n) is 10.5. The summed E-state index contributed by atoms with van der Waals surface area (Å²) in [6.45, 7) is 8.34. The molecule has 3 aromatic carbocycles. The molecule has 0 radical (unpaired) electrons. The number of aliphatic imine (C=N–C) groups is 1. The molecule has 0 fully saturated rings. The maximum absolute atomic E-state index is 6.83. The zero-order chi connectivity index (χ0) is 21.3. The van der Waals surface area contributed by atoms with Gasteiger partial charge in [0.05, 0.1) is 17.2 Å². The van der Waals surface area contributed by atoms with E-state index in [2.05, 4.69) is 93.6 Å². The summed E-state index contributed by atoms with van der Waals surface area (Å²) in [6.07, 6.45) is -0.150. The van der Waals surface area contributed by atoms with Gasteiger partial charge in [-0.1, -0.05) is 96.9 Å². The molecule has 4 atom stereocenters. The molecule has 0 saturated heterocycles. The van der Waals surface area contributed by atoms with Crippen LogP contribution in [0, 0.1) is 19.8 Å². The minimum Gasteiger partial charge on any atom is -0.339 e. The minimum atomic E-state index is -0.956. The molecule has 1 heterocycles. The number of halogens is 1. The second-order valence-electron chi connectivity index (χ2n) is 8.28. The number of hydrogen-bond donors (Lipinski definition) is 0. The van der Waals surface area contributed by atoms with Crippen molar-refractivity contribution >= 4 is 17.3 Å². The average molecular weight is 418 g/mol. The van der Waals surface area contributed by atoms with Gasteiger partial charge in [0.1, 0.15) is 0 Å². The molecule has 0 saturated carbocycles. The zero-order valence-electron chi connectivity index (χ0n) is 18.0. The molecule has 3 aromatic rings. The Balaban J connectivity index is 1.92. The van der Waals surface area contributed by atoms with Crippen molar-refractivity contribution in [2.24, 2.45) is 10.9 Å². The van der Waals surface area contributed by atoms with E-state index in [0.717, 1.165) is 22.4 Å². The van der Waals surface area contributed by atoms with E-state index in [1.807, 2.05) is 13.0 Å². The number of benzene rings is 3. The summed E-state index contributed by atoms with van der Waals surface area (Å²) in [5, 5.41) is -0.348. The van der Waals surface area contributed by atoms with Gasteiger partial charge in [0.2, 0.25) is 5.72 Å². The first-order valence-corrected chi connectivity index (χ1v) is 10.9. The van der Waals surface area contributed by atoms with Crippen molar-refractivity contribution in [2.75, 3.05) is 0 Å². The lowest BCUT2D eigenvalue weighted by Crippen LogP contribution is -2.45. The van der Waals surface area contributed by atoms with Gasteiger partial charge in [-0.25, -0.2) is 4.99 Å². The Morgan fingerprint density at radius 2 is 1.43 bits per heavy atom. The maximum atomic E-state index is 6.83. The molecule has 0 N–H and O–H groups in total. The van der Waals surface area contributed by atoms with Crippen molar-refractivity contribution in [3.63, 3.8) is 0 Å². The van der Waals surface area contributed by atoms with Gasteiger partial charge in [0.15, 0.2) is 0 Å². The highest BCUT2D eigenvalue weighted by molar-refractivity contribution is 6.21. The number of rotatable bonds is 4. The third kappa shape index (κ3) is 3.82. The molecule has 1 aliphatic rings. The molecule has 30 heavy (non-hydrogen) atoms. The highest BCUT2D eigenvalue weighted by Crippen LogP contribution is 2.46. The third-order valence-corrected chi connectivity index (χ3v) is 6.25. The van der Waals surface area contributed by atoms with Crippen LogP contribution in [0.3, 0.4) is 0 Å². The lowest BCUT2D eigenvalue weighted by molar-refractivity contribution is -0.118. The molecule has 0 aliphatic carbocycles. The number of ether oxygens (including phenoxy) is 1. The summed E-state index contributed by atoms with van der Waals surface area (Å²) in [6, 6.07) is 27.3. The van der Waals surface area contributed by atoms with Crippen molar-refractivity contribution in [3.05, 3.63) is 107 Å². The molecule has 1 unspecified atom stereocenters. The lowest BCUT2D eigenvalue weighted by atomic mass is 9.85. The number of nitrogens with zero attached hydrogens (tertiary/aromatic N) is 1. The van der Waals surface area contributed by atoms with Gasteiger partial charge in [0, 0.05) is 11.5 Å². The highest BCUT2D eigenvalue weighted by atomic mass is 35.5. The van der Waals surface area contributed by atoms with Crippen LogP contribution in [0.25, 0.3) is 0 Å². The molecule has 0 bridgehead atoms. The molecule has 154 valence electrons. The van der Waals surface area contributed by atoms with Crippen LogP contribution >= 0.6 is 11.6 Å². The van der Waals surface area contributed by atoms with Gasteiger partial charge >= 0.3 is 0 Å². The standard InChI is InChI=1S/C27H28ClNO/c1-18-10-14-22(15-11-18)25-20(3)26(23-8-6-5-7-9-23)30-27(29-25,21(4)28)24-16-12-19(2)13-17-24/h5-17,20-21,26H,1-4H3/t20-,21?,26+,27-/m1/s1. The molecule has 2 nitrogen and oxygen atoms in total. The normalized spacial score (nSPS) is 24.9. The third-order valence-electron chi connectivity index (χ3n) is 5.96. The fourth-order valence-corrected chi connectivity index (χ4v) is 4.36. The summed E-state index contributed by atoms with van der Waals surface area (Å²) < 4.78 is 6.82. The lowest BCUT2D eigenvalue weighted by Gasteiger charge is -2.44. The quantitative estimate of drug-likeness (QED) is 0.419. The molecule has 3 heteroatoms. The van der Waals surface area contributed by atoms with Crippen LogP contribution in [0.15, 0.2) is 83.9 Å². The average Bonchev–Trinajstić information content (AvgIpc) is 2.76. The van der Waals surface area contributed by atoms with Crippen molar-refractivity contribution < 1.29 is 4.74 Å². The van der Waals surface area contributed by atoms with Gasteiger partial charge in [-0.2, -0.15) is 0 Å². The molecule has 0 spiro atoms. The second kappa shape index (κ2) is 8.37. The SMILES string of the molecule is Cc1ccc(C2=N[C@](c3ccc(C)cc3)(C(C)Cl)O[C@H](c3ccccc3)[C@@H]2C)cc1. The van der Waals surface area contributed by atoms with Crippen LogP contribution in [0.4, 0.5) is 0 Å². The first kappa shape index (κ1) is 20.8. The van der Waals surface area contributed by atoms with E-state index in [0.29, 0.717) is 0 Å². The van der Waals surface area contributed by atoms with Crippen LogP contribution in [0.5, 0.6) is 0 Å². The Kier molecular flexibility index (Phi) is 5.81. The number of aryl methyl sites for hydroxylation is 2. The Labute approximate surface area is 184 Å². The molecule has 1 aliphatic heterocycles. The van der Waals surface area contributed by atoms with E-state index in [-0.39, 0.29) is 17.4 Å². The van der Waals surface area contributed by atoms with E-state index < -0.39 is 5.72 Å². The summed E-state index contributed by atoms with van der Waals surface area (Å²) in [5.74, 6) is 0.0871. The van der Waals surface area contributed by atoms with Gasteiger partial charge < -0.3 is 4.74 Å². The topological polar surface area (TPSA) is 21.6 Å². The number of hydrogen-bond acceptors (Lipinski definition) is 2. The molecular formula is C27H28ClNO. The Hall–Kier alpha value is -2.42. The maximum Gasteiger partial charge on any atom is 0.201 e. The predicted octanol–water partition coefficient (Wildman–Crippen LogP) is 6.98. The van der Waals surface area contributed by atoms with Gasteiger partial charge in [-0.05, 0) is 31.9 Å². The van der Waals surface area contributed by atoms with Crippen LogP contribution in [-0.4, -0.2) is 11.1 Å². The van der Waals surface area contributed by atoms with Crippen molar-refractivity contribution in [2.45, 2.75) is 44.9 Å². The van der Waals surface area contributed by atoms with Crippen LogP contribution in [0.1, 0.15) is 47.8 Å². The monoisotopic (exact) mass is 417 g/mol. The fourth-order valence-electron chi connectivity index (χ4n) is 4.13. The van der Waals surface area contributed by atoms with E-state index in [1.165, 1.54) is 11.1 Å². The smallest absolute Gasteiger partial charge is 0.201 e. The Morgan fingerprint density at radius 3 is 2.00 bits per heavy atom. The minimum absolute atomic E-state index is 0.0871. The Bertz CT molecular complexity index is 1020. The van der Waals surface area contributed by atoms with Crippen molar-refractivity contribution in [1.82, 2.24) is 0 Å². The molecule has 0 amide bonds. The molecular weight excluding hydrogens is 390 g/mol. The van der Waals surface area contributed by atoms with Crippen molar-refractivity contribution in [1.29, 1.82) is 0 Å². The molecule has 0 aromatic heterocycles. The predicted molar refractivity (Wildman–Crippen MR) is 125 cm³/mol. The van der Waals surface area contributed by atoms with Gasteiger partial charge in [-0.15, -0.1) is 11.6 Å². The summed E-state index contributed by atoms with van der Waals surface area (Å²) >= 11 is 6.83. The van der Waals surface area contributed by atoms with E-state index in [9.17, 15) is 0 Å². The van der Waals surface area contributed by atoms with Crippen LogP contribution < -0.4 is 0 Å². The largest absolute Gasteiger partial charge is 0.339 e. The van der Waals surface area contributed by atoms with Crippen LogP contribution in [-0.2, 0) is 10.5 Å². The highest BCUT2D eigenvalue weighted by Gasteiger charge is 2.47. The zero-order valence-corrected chi connectivity index (χ0v) is 18.7. The first-order chi connectivity index (χ1) is 14.4. The second-order valence-corrected chi connectivity index (χ2v) is 8.93. The van der Waals surface area contributed by atoms with Gasteiger partial charge in [-0.3, -0.25) is 0 Å². The summed E-state index contributed by atoms with van der Waals surface area (Å²) in [5.41, 5.74) is 5.74. The van der Waals surface area contributed by atoms with E-state index >= 15 is 0 Å². The Morgan fingerprint density at radius 1 is 0.867 bits per heavy atom. The van der Waals surface area contributed by atoms with Crippen molar-refractivity contribution in [3.8, 4) is 0 Å². The summed E-state index contributed by atoms with van der Waals surface area (Å²) in [4.78, 5) is 5.23. The molecule has 4 rings (SSSR count). The number of alkyl halides is 1. The summed E-state index contributed by atoms with van der Waals surface area (Å²) in [7, 11) is 0.